The number of aromatic nitrogens is 1. The molecule has 3 aliphatic carbocycles. The molecule has 3 fully saturated rings. The van der Waals surface area contributed by atoms with Crippen LogP contribution in [-0.2, 0) is 6.54 Å². The van der Waals surface area contributed by atoms with E-state index in [1.165, 1.54) is 19.3 Å². The van der Waals surface area contributed by atoms with E-state index in [-0.39, 0.29) is 0 Å². The van der Waals surface area contributed by atoms with Gasteiger partial charge in [-0.2, -0.15) is 0 Å². The molecule has 4 heteroatoms. The summed E-state index contributed by atoms with van der Waals surface area (Å²) in [5.74, 6) is 4.11. The minimum absolute atomic E-state index is 0.799. The zero-order valence-corrected chi connectivity index (χ0v) is 10.6. The Bertz CT molecular complexity index is 403. The van der Waals surface area contributed by atoms with Crippen molar-refractivity contribution < 1.29 is 0 Å². The van der Waals surface area contributed by atoms with Crippen LogP contribution in [0.1, 0.15) is 24.3 Å². The number of thiazole rings is 1. The minimum Gasteiger partial charge on any atom is -0.307 e. The molecule has 0 aliphatic heterocycles. The van der Waals surface area contributed by atoms with E-state index in [1.807, 2.05) is 0 Å². The van der Waals surface area contributed by atoms with Gasteiger partial charge in [-0.1, -0.05) is 11.6 Å². The molecule has 0 spiro atoms. The van der Waals surface area contributed by atoms with Crippen molar-refractivity contribution in [1.29, 1.82) is 0 Å². The van der Waals surface area contributed by atoms with Gasteiger partial charge in [0.2, 0.25) is 0 Å². The molecule has 1 aromatic heterocycles. The molecule has 2 bridgehead atoms. The number of halogens is 1. The Balaban J connectivity index is 1.37. The summed E-state index contributed by atoms with van der Waals surface area (Å²) in [6.45, 7) is 0.911. The van der Waals surface area contributed by atoms with Gasteiger partial charge in [-0.15, -0.1) is 11.3 Å². The highest BCUT2D eigenvalue weighted by Crippen LogP contribution is 2.65. The summed E-state index contributed by atoms with van der Waals surface area (Å²) in [4.78, 5) is 4.29. The first-order chi connectivity index (χ1) is 7.83. The fourth-order valence-electron chi connectivity index (χ4n) is 4.17. The van der Waals surface area contributed by atoms with Crippen LogP contribution in [0.3, 0.4) is 0 Å². The SMILES string of the molecule is Clc1cnc(CNC2C3C4CCC(C4)C23)s1. The molecule has 1 N–H and O–H groups in total. The minimum atomic E-state index is 0.799. The van der Waals surface area contributed by atoms with Crippen molar-refractivity contribution in [2.75, 3.05) is 0 Å². The van der Waals surface area contributed by atoms with Crippen LogP contribution in [0, 0.1) is 23.7 Å². The maximum absolute atomic E-state index is 5.87. The van der Waals surface area contributed by atoms with Gasteiger partial charge in [-0.05, 0) is 42.9 Å². The standard InChI is InChI=1S/C12H15ClN2S/c13-8-4-14-9(16-8)5-15-12-10-6-1-2-7(3-6)11(10)12/h4,6-7,10-12,15H,1-3,5H2. The highest BCUT2D eigenvalue weighted by Gasteiger charge is 2.64. The average Bonchev–Trinajstić information content (AvgIpc) is 2.70. The van der Waals surface area contributed by atoms with Crippen LogP contribution in [0.4, 0.5) is 0 Å². The molecule has 0 amide bonds. The molecule has 4 atom stereocenters. The van der Waals surface area contributed by atoms with Crippen LogP contribution >= 0.6 is 22.9 Å². The topological polar surface area (TPSA) is 24.9 Å². The maximum Gasteiger partial charge on any atom is 0.113 e. The fraction of sp³-hybridized carbons (Fsp3) is 0.750. The van der Waals surface area contributed by atoms with E-state index in [2.05, 4.69) is 10.3 Å². The summed E-state index contributed by atoms with van der Waals surface area (Å²) < 4.78 is 0.799. The molecule has 16 heavy (non-hydrogen) atoms. The van der Waals surface area contributed by atoms with Gasteiger partial charge in [0.25, 0.3) is 0 Å². The van der Waals surface area contributed by atoms with Gasteiger partial charge in [-0.3, -0.25) is 0 Å². The molecule has 0 radical (unpaired) electrons. The third-order valence-electron chi connectivity index (χ3n) is 4.75. The average molecular weight is 255 g/mol. The van der Waals surface area contributed by atoms with Gasteiger partial charge in [0.1, 0.15) is 9.34 Å². The first-order valence-electron chi connectivity index (χ1n) is 6.16. The van der Waals surface area contributed by atoms with E-state index in [4.69, 9.17) is 11.6 Å². The van der Waals surface area contributed by atoms with Crippen molar-refractivity contribution in [3.8, 4) is 0 Å². The largest absolute Gasteiger partial charge is 0.307 e. The third-order valence-corrected chi connectivity index (χ3v) is 5.86. The van der Waals surface area contributed by atoms with E-state index < -0.39 is 0 Å². The Labute approximate surface area is 104 Å². The van der Waals surface area contributed by atoms with Gasteiger partial charge in [-0.25, -0.2) is 4.98 Å². The Kier molecular flexibility index (Phi) is 2.12. The van der Waals surface area contributed by atoms with Crippen molar-refractivity contribution in [3.63, 3.8) is 0 Å². The molecule has 4 unspecified atom stereocenters. The Hall–Kier alpha value is -0.120. The lowest BCUT2D eigenvalue weighted by Crippen LogP contribution is -2.22. The summed E-state index contributed by atoms with van der Waals surface area (Å²) in [6.07, 6.45) is 6.26. The summed E-state index contributed by atoms with van der Waals surface area (Å²) >= 11 is 7.47. The molecule has 0 saturated heterocycles. The Morgan fingerprint density at radius 1 is 1.38 bits per heavy atom. The lowest BCUT2D eigenvalue weighted by molar-refractivity contribution is 0.456. The monoisotopic (exact) mass is 254 g/mol. The number of rotatable bonds is 3. The first kappa shape index (κ1) is 9.86. The van der Waals surface area contributed by atoms with Crippen molar-refractivity contribution in [3.05, 3.63) is 15.5 Å². The second-order valence-corrected chi connectivity index (χ2v) is 7.20. The first-order valence-corrected chi connectivity index (χ1v) is 7.36. The lowest BCUT2D eigenvalue weighted by atomic mass is 10.0. The lowest BCUT2D eigenvalue weighted by Gasteiger charge is -2.08. The van der Waals surface area contributed by atoms with Crippen molar-refractivity contribution >= 4 is 22.9 Å². The van der Waals surface area contributed by atoms with Crippen LogP contribution in [-0.4, -0.2) is 11.0 Å². The van der Waals surface area contributed by atoms with Crippen LogP contribution < -0.4 is 5.32 Å². The number of hydrogen-bond donors (Lipinski definition) is 1. The molecule has 86 valence electrons. The highest BCUT2D eigenvalue weighted by atomic mass is 35.5. The molecule has 1 aromatic rings. The molecule has 4 rings (SSSR count). The van der Waals surface area contributed by atoms with Gasteiger partial charge < -0.3 is 5.32 Å². The van der Waals surface area contributed by atoms with E-state index in [0.717, 1.165) is 45.6 Å². The number of nitrogens with one attached hydrogen (secondary N) is 1. The zero-order chi connectivity index (χ0) is 10.7. The number of nitrogens with zero attached hydrogens (tertiary/aromatic N) is 1. The van der Waals surface area contributed by atoms with Crippen LogP contribution in [0.2, 0.25) is 4.34 Å². The predicted octanol–water partition coefficient (Wildman–Crippen LogP) is 2.93. The van der Waals surface area contributed by atoms with Crippen LogP contribution in [0.15, 0.2) is 6.20 Å². The third kappa shape index (κ3) is 1.38. The van der Waals surface area contributed by atoms with E-state index in [1.54, 1.807) is 17.5 Å². The molecule has 2 nitrogen and oxygen atoms in total. The van der Waals surface area contributed by atoms with Gasteiger partial charge in [0.15, 0.2) is 0 Å². The number of hydrogen-bond acceptors (Lipinski definition) is 3. The van der Waals surface area contributed by atoms with E-state index in [0.29, 0.717) is 0 Å². The quantitative estimate of drug-likeness (QED) is 0.897. The second-order valence-electron chi connectivity index (χ2n) is 5.45. The van der Waals surface area contributed by atoms with E-state index in [9.17, 15) is 0 Å². The van der Waals surface area contributed by atoms with Gasteiger partial charge >= 0.3 is 0 Å². The highest BCUT2D eigenvalue weighted by molar-refractivity contribution is 7.15. The molecular weight excluding hydrogens is 240 g/mol. The van der Waals surface area contributed by atoms with Crippen molar-refractivity contribution in [2.45, 2.75) is 31.8 Å². The molecular formula is C12H15ClN2S. The molecule has 1 heterocycles. The van der Waals surface area contributed by atoms with Gasteiger partial charge in [0, 0.05) is 12.6 Å². The Morgan fingerprint density at radius 2 is 2.12 bits per heavy atom. The van der Waals surface area contributed by atoms with Gasteiger partial charge in [0.05, 0.1) is 6.20 Å². The van der Waals surface area contributed by atoms with Crippen LogP contribution in [0.5, 0.6) is 0 Å². The molecule has 0 aromatic carbocycles. The smallest absolute Gasteiger partial charge is 0.113 e. The zero-order valence-electron chi connectivity index (χ0n) is 9.03. The normalized spacial score (nSPS) is 43.7. The summed E-state index contributed by atoms with van der Waals surface area (Å²) in [7, 11) is 0. The Morgan fingerprint density at radius 3 is 2.75 bits per heavy atom. The fourth-order valence-corrected chi connectivity index (χ4v) is 5.08. The van der Waals surface area contributed by atoms with Crippen molar-refractivity contribution in [1.82, 2.24) is 10.3 Å². The molecule has 3 saturated carbocycles. The number of fused-ring (bicyclic) bond motifs is 5. The second kappa shape index (κ2) is 3.44. The van der Waals surface area contributed by atoms with Crippen molar-refractivity contribution in [2.24, 2.45) is 23.7 Å². The predicted molar refractivity (Wildman–Crippen MR) is 65.6 cm³/mol. The maximum atomic E-state index is 5.87. The van der Waals surface area contributed by atoms with E-state index >= 15 is 0 Å². The summed E-state index contributed by atoms with van der Waals surface area (Å²) in [5.41, 5.74) is 0. The molecule has 3 aliphatic rings. The summed E-state index contributed by atoms with van der Waals surface area (Å²) in [6, 6.07) is 0.800. The summed E-state index contributed by atoms with van der Waals surface area (Å²) in [5, 5.41) is 4.81. The van der Waals surface area contributed by atoms with Crippen LogP contribution in [0.25, 0.3) is 0 Å².